The number of aryl methyl sites for hydroxylation is 6. The lowest BCUT2D eigenvalue weighted by molar-refractivity contribution is -0.00100. The van der Waals surface area contributed by atoms with Gasteiger partial charge in [0.25, 0.3) is 0 Å². The van der Waals surface area contributed by atoms with Crippen LogP contribution in [0.5, 0.6) is 0 Å². The van der Waals surface area contributed by atoms with Crippen LogP contribution in [0.3, 0.4) is 0 Å². The van der Waals surface area contributed by atoms with Gasteiger partial charge in [0, 0.05) is 0 Å². The van der Waals surface area contributed by atoms with Crippen LogP contribution in [0.1, 0.15) is 55.6 Å². The van der Waals surface area contributed by atoms with Crippen LogP contribution in [-0.4, -0.2) is 0 Å². The van der Waals surface area contributed by atoms with Crippen molar-refractivity contribution in [2.24, 2.45) is 0 Å². The predicted octanol–water partition coefficient (Wildman–Crippen LogP) is 6.12. The van der Waals surface area contributed by atoms with Crippen molar-refractivity contribution in [3.05, 3.63) is 250 Å². The van der Waals surface area contributed by atoms with E-state index in [0.29, 0.717) is 0 Å². The van der Waals surface area contributed by atoms with Gasteiger partial charge in [-0.05, 0) is 143 Å². The second kappa shape index (κ2) is 20.2. The molecule has 0 saturated heterocycles. The molecule has 4 heteroatoms. The second-order valence-corrected chi connectivity index (χ2v) is 23.7. The maximum absolute atomic E-state index is 2.39. The van der Waals surface area contributed by atoms with Gasteiger partial charge in [-0.25, -0.2) is 0 Å². The Morgan fingerprint density at radius 3 is 0.574 bits per heavy atom. The topological polar surface area (TPSA) is 0 Å². The smallest absolute Gasteiger partial charge is 0.116 e. The third kappa shape index (κ3) is 10.1. The number of hydrogen-bond donors (Lipinski definition) is 0. The first-order valence-corrected chi connectivity index (χ1v) is 24.9. The van der Waals surface area contributed by atoms with Crippen molar-refractivity contribution in [3.8, 4) is 0 Å². The quantitative estimate of drug-likeness (QED) is 0.130. The summed E-state index contributed by atoms with van der Waals surface area (Å²) in [4.78, 5) is 0. The van der Waals surface area contributed by atoms with E-state index in [4.69, 9.17) is 0 Å². The summed E-state index contributed by atoms with van der Waals surface area (Å²) in [7, 11) is -4.02. The van der Waals surface area contributed by atoms with Crippen molar-refractivity contribution < 1.29 is 34.0 Å². The van der Waals surface area contributed by atoms with Gasteiger partial charge in [0.1, 0.15) is 46.4 Å². The Hall–Kier alpha value is -4.42. The van der Waals surface area contributed by atoms with Crippen molar-refractivity contribution in [2.75, 3.05) is 0 Å². The lowest BCUT2D eigenvalue weighted by Crippen LogP contribution is -3.00. The van der Waals surface area contributed by atoms with Crippen LogP contribution in [0, 0.1) is 41.5 Å². The van der Waals surface area contributed by atoms with E-state index < -0.39 is 14.5 Å². The van der Waals surface area contributed by atoms with E-state index in [2.05, 4.69) is 236 Å². The molecule has 0 amide bonds. The average Bonchev–Trinajstić information content (AvgIpc) is 3.25. The standard InChI is InChI=1S/C57H56P2.2BrH/c1-42-7-27-52(28-8-42)58(53-29-9-43(2)10-30-53,54-31-11-44(3)12-32-54)40-50-23-19-48(20-24-50)39-49-21-25-51(26-22-49)41-59(55-33-13-45(4)14-34-55,56-35-15-46(5)16-36-56)57-37-17-47(6)18-38-57;;/h7-38H,39-41H2,1-6H3;2*1H/q+2;;/p-2. The first kappa shape index (κ1) is 46.1. The van der Waals surface area contributed by atoms with Gasteiger partial charge in [0.15, 0.2) is 0 Å². The molecule has 0 aromatic heterocycles. The van der Waals surface area contributed by atoms with Crippen molar-refractivity contribution in [1.29, 1.82) is 0 Å². The normalized spacial score (nSPS) is 11.4. The van der Waals surface area contributed by atoms with Crippen LogP contribution < -0.4 is 65.8 Å². The molecule has 8 rings (SSSR count). The Balaban J connectivity index is 0.00000311. The number of benzene rings is 8. The maximum Gasteiger partial charge on any atom is 0.116 e. The summed E-state index contributed by atoms with van der Waals surface area (Å²) in [5.74, 6) is 0. The first-order chi connectivity index (χ1) is 28.6. The van der Waals surface area contributed by atoms with Crippen molar-refractivity contribution >= 4 is 46.4 Å². The Morgan fingerprint density at radius 2 is 0.393 bits per heavy atom. The molecule has 0 saturated carbocycles. The summed E-state index contributed by atoms with van der Waals surface area (Å²) in [5.41, 5.74) is 13.2. The second-order valence-electron chi connectivity index (χ2n) is 16.8. The third-order valence-corrected chi connectivity index (χ3v) is 20.9. The van der Waals surface area contributed by atoms with Crippen LogP contribution in [0.25, 0.3) is 0 Å². The van der Waals surface area contributed by atoms with Crippen LogP contribution in [0.2, 0.25) is 0 Å². The molecule has 0 fully saturated rings. The summed E-state index contributed by atoms with van der Waals surface area (Å²) < 4.78 is 0. The molecular weight excluding hydrogens is 906 g/mol. The molecule has 0 bridgehead atoms. The monoisotopic (exact) mass is 960 g/mol. The molecule has 61 heavy (non-hydrogen) atoms. The lowest BCUT2D eigenvalue weighted by Gasteiger charge is -2.28. The highest BCUT2D eigenvalue weighted by Crippen LogP contribution is 2.59. The van der Waals surface area contributed by atoms with Crippen LogP contribution in [-0.2, 0) is 18.7 Å². The SMILES string of the molecule is Cc1ccc([P+](Cc2ccc(Cc3ccc(C[P+](c4ccc(C)cc4)(c4ccc(C)cc4)c4ccc(C)cc4)cc3)cc2)(c2ccc(C)cc2)c2ccc(C)cc2)cc1.[Br-].[Br-]. The van der Waals surface area contributed by atoms with Gasteiger partial charge < -0.3 is 34.0 Å². The van der Waals surface area contributed by atoms with Gasteiger partial charge in [0.05, 0.1) is 12.3 Å². The molecule has 308 valence electrons. The van der Waals surface area contributed by atoms with Crippen LogP contribution >= 0.6 is 14.5 Å². The minimum Gasteiger partial charge on any atom is -1.00 e. The van der Waals surface area contributed by atoms with Gasteiger partial charge in [-0.1, -0.05) is 155 Å². The fraction of sp³-hybridized carbons (Fsp3) is 0.158. The van der Waals surface area contributed by atoms with E-state index in [1.165, 1.54) is 87.5 Å². The van der Waals surface area contributed by atoms with Crippen LogP contribution in [0.4, 0.5) is 0 Å². The number of rotatable bonds is 12. The molecule has 0 unspecified atom stereocenters. The summed E-state index contributed by atoms with van der Waals surface area (Å²) >= 11 is 0. The number of hydrogen-bond acceptors (Lipinski definition) is 0. The van der Waals surface area contributed by atoms with Crippen LogP contribution in [0.15, 0.2) is 194 Å². The summed E-state index contributed by atoms with van der Waals surface area (Å²) in [5, 5.41) is 8.58. The fourth-order valence-corrected chi connectivity index (χ4v) is 16.9. The van der Waals surface area contributed by atoms with Gasteiger partial charge in [-0.2, -0.15) is 0 Å². The molecule has 0 aliphatic carbocycles. The zero-order chi connectivity index (χ0) is 41.0. The molecule has 0 atom stereocenters. The van der Waals surface area contributed by atoms with Gasteiger partial charge in [0.2, 0.25) is 0 Å². The Labute approximate surface area is 387 Å². The van der Waals surface area contributed by atoms with E-state index >= 15 is 0 Å². The molecular formula is C57H56Br2P2. The minimum absolute atomic E-state index is 0. The molecule has 8 aromatic rings. The molecule has 0 radical (unpaired) electrons. The fourth-order valence-electron chi connectivity index (χ4n) is 8.55. The zero-order valence-corrected chi connectivity index (χ0v) is 41.2. The number of halogens is 2. The van der Waals surface area contributed by atoms with Gasteiger partial charge >= 0.3 is 0 Å². The van der Waals surface area contributed by atoms with Crippen molar-refractivity contribution in [2.45, 2.75) is 60.3 Å². The molecule has 8 aromatic carbocycles. The Kier molecular flexibility index (Phi) is 15.2. The largest absolute Gasteiger partial charge is 1.00 e. The lowest BCUT2D eigenvalue weighted by atomic mass is 10.0. The van der Waals surface area contributed by atoms with Gasteiger partial charge in [-0.15, -0.1) is 0 Å². The highest BCUT2D eigenvalue weighted by Gasteiger charge is 2.47. The minimum atomic E-state index is -2.01. The maximum atomic E-state index is 2.39. The molecule has 0 spiro atoms. The van der Waals surface area contributed by atoms with E-state index in [9.17, 15) is 0 Å². The van der Waals surface area contributed by atoms with E-state index in [1.807, 2.05) is 0 Å². The van der Waals surface area contributed by atoms with Gasteiger partial charge in [-0.3, -0.25) is 0 Å². The molecule has 0 N–H and O–H groups in total. The highest BCUT2D eigenvalue weighted by molar-refractivity contribution is 7.95. The van der Waals surface area contributed by atoms with E-state index in [1.54, 1.807) is 0 Å². The molecule has 0 heterocycles. The summed E-state index contributed by atoms with van der Waals surface area (Å²) in [6.45, 7) is 13.1. The molecule has 0 nitrogen and oxygen atoms in total. The average molecular weight is 963 g/mol. The third-order valence-electron chi connectivity index (χ3n) is 12.1. The predicted molar refractivity (Wildman–Crippen MR) is 262 cm³/mol. The summed E-state index contributed by atoms with van der Waals surface area (Å²) in [6.07, 6.45) is 2.86. The van der Waals surface area contributed by atoms with Crippen molar-refractivity contribution in [1.82, 2.24) is 0 Å². The molecule has 0 aliphatic heterocycles. The first-order valence-electron chi connectivity index (χ1n) is 21.0. The Morgan fingerprint density at radius 1 is 0.230 bits per heavy atom. The zero-order valence-electron chi connectivity index (χ0n) is 36.2. The van der Waals surface area contributed by atoms with Crippen molar-refractivity contribution in [3.63, 3.8) is 0 Å². The Bertz CT molecular complexity index is 2200. The van der Waals surface area contributed by atoms with E-state index in [-0.39, 0.29) is 34.0 Å². The molecule has 0 aliphatic rings. The summed E-state index contributed by atoms with van der Waals surface area (Å²) in [6, 6.07) is 75.1. The van der Waals surface area contributed by atoms with E-state index in [0.717, 1.165) is 18.7 Å². The highest BCUT2D eigenvalue weighted by atomic mass is 79.9.